The molecule has 1 amide bonds. The number of anilines is 1. The molecule has 0 heterocycles. The first-order chi connectivity index (χ1) is 8.36. The minimum atomic E-state index is -1.20. The number of hydrogen-bond acceptors (Lipinski definition) is 2. The van der Waals surface area contributed by atoms with Crippen LogP contribution in [0.3, 0.4) is 0 Å². The lowest BCUT2D eigenvalue weighted by Crippen LogP contribution is -2.31. The monoisotopic (exact) mass is 311 g/mol. The predicted octanol–water partition coefficient (Wildman–Crippen LogP) is 2.87. The first kappa shape index (κ1) is 13.1. The number of nitrogens with one attached hydrogen (secondary N) is 1. The smallest absolute Gasteiger partial charge is 0.319 e. The Morgan fingerprint density at radius 2 is 1.78 bits per heavy atom. The van der Waals surface area contributed by atoms with Gasteiger partial charge in [-0.15, -0.1) is 0 Å². The van der Waals surface area contributed by atoms with Crippen LogP contribution in [0, 0.1) is 19.3 Å². The standard InChI is InChI=1S/C13H14BrNO3/c1-7-5-9(14)6-8(2)10(7)15-11(16)13(3-4-13)12(17)18/h5-6H,3-4H2,1-2H3,(H,15,16)(H,17,18). The Morgan fingerprint density at radius 3 is 2.17 bits per heavy atom. The van der Waals surface area contributed by atoms with Crippen LogP contribution < -0.4 is 5.32 Å². The van der Waals surface area contributed by atoms with E-state index in [0.29, 0.717) is 18.5 Å². The molecule has 0 aromatic heterocycles. The average molecular weight is 312 g/mol. The van der Waals surface area contributed by atoms with Crippen LogP contribution in [0.4, 0.5) is 5.69 Å². The number of carbonyl (C=O) groups is 2. The van der Waals surface area contributed by atoms with E-state index in [1.807, 2.05) is 26.0 Å². The predicted molar refractivity (Wildman–Crippen MR) is 71.5 cm³/mol. The number of aryl methyl sites for hydroxylation is 2. The van der Waals surface area contributed by atoms with Crippen LogP contribution in [0.2, 0.25) is 0 Å². The second kappa shape index (κ2) is 4.39. The third-order valence-electron chi connectivity index (χ3n) is 3.33. The number of hydrogen-bond donors (Lipinski definition) is 2. The molecule has 0 aliphatic heterocycles. The van der Waals surface area contributed by atoms with E-state index >= 15 is 0 Å². The molecule has 5 heteroatoms. The Hall–Kier alpha value is -1.36. The average Bonchev–Trinajstić information content (AvgIpc) is 3.03. The highest BCUT2D eigenvalue weighted by atomic mass is 79.9. The van der Waals surface area contributed by atoms with Gasteiger partial charge in [0.2, 0.25) is 5.91 Å². The van der Waals surface area contributed by atoms with Crippen LogP contribution in [0.1, 0.15) is 24.0 Å². The van der Waals surface area contributed by atoms with E-state index in [1.54, 1.807) is 0 Å². The molecule has 96 valence electrons. The lowest BCUT2D eigenvalue weighted by molar-refractivity contribution is -0.147. The number of halogens is 1. The Bertz CT molecular complexity index is 512. The quantitative estimate of drug-likeness (QED) is 0.843. The molecular weight excluding hydrogens is 298 g/mol. The molecule has 0 bridgehead atoms. The number of carboxylic acids is 1. The summed E-state index contributed by atoms with van der Waals surface area (Å²) in [5, 5.41) is 11.8. The van der Waals surface area contributed by atoms with Gasteiger partial charge in [0.15, 0.2) is 0 Å². The van der Waals surface area contributed by atoms with Gasteiger partial charge in [0.25, 0.3) is 0 Å². The topological polar surface area (TPSA) is 66.4 Å². The largest absolute Gasteiger partial charge is 0.480 e. The molecule has 1 aliphatic rings. The summed E-state index contributed by atoms with van der Waals surface area (Å²) in [6.45, 7) is 3.77. The molecule has 1 saturated carbocycles. The SMILES string of the molecule is Cc1cc(Br)cc(C)c1NC(=O)C1(C(=O)O)CC1. The van der Waals surface area contributed by atoms with E-state index in [1.165, 1.54) is 0 Å². The molecular formula is C13H14BrNO3. The van der Waals surface area contributed by atoms with E-state index < -0.39 is 17.3 Å². The van der Waals surface area contributed by atoms with Crippen molar-refractivity contribution >= 4 is 33.5 Å². The van der Waals surface area contributed by atoms with Crippen molar-refractivity contribution in [3.63, 3.8) is 0 Å². The number of rotatable bonds is 3. The molecule has 1 aliphatic carbocycles. The molecule has 2 N–H and O–H groups in total. The number of amides is 1. The molecule has 0 unspecified atom stereocenters. The maximum atomic E-state index is 12.0. The van der Waals surface area contributed by atoms with Gasteiger partial charge in [0, 0.05) is 10.2 Å². The summed E-state index contributed by atoms with van der Waals surface area (Å²) in [7, 11) is 0. The van der Waals surface area contributed by atoms with Crippen LogP contribution in [-0.2, 0) is 9.59 Å². The first-order valence-corrected chi connectivity index (χ1v) is 6.48. The minimum Gasteiger partial charge on any atom is -0.480 e. The van der Waals surface area contributed by atoms with Crippen LogP contribution in [0.25, 0.3) is 0 Å². The van der Waals surface area contributed by atoms with Gasteiger partial charge in [-0.05, 0) is 49.9 Å². The number of benzene rings is 1. The molecule has 4 nitrogen and oxygen atoms in total. The zero-order valence-electron chi connectivity index (χ0n) is 10.2. The van der Waals surface area contributed by atoms with E-state index in [0.717, 1.165) is 15.6 Å². The van der Waals surface area contributed by atoms with Crippen molar-refractivity contribution in [1.29, 1.82) is 0 Å². The summed E-state index contributed by atoms with van der Waals surface area (Å²) in [5.74, 6) is -1.45. The van der Waals surface area contributed by atoms with E-state index in [-0.39, 0.29) is 0 Å². The second-order valence-corrected chi connectivity index (χ2v) is 5.67. The van der Waals surface area contributed by atoms with Crippen LogP contribution in [0.15, 0.2) is 16.6 Å². The van der Waals surface area contributed by atoms with E-state index in [4.69, 9.17) is 5.11 Å². The van der Waals surface area contributed by atoms with Crippen molar-refractivity contribution in [2.45, 2.75) is 26.7 Å². The van der Waals surface area contributed by atoms with Gasteiger partial charge >= 0.3 is 5.97 Å². The maximum absolute atomic E-state index is 12.0. The lowest BCUT2D eigenvalue weighted by Gasteiger charge is -2.15. The van der Waals surface area contributed by atoms with Crippen molar-refractivity contribution in [2.75, 3.05) is 5.32 Å². The summed E-state index contributed by atoms with van der Waals surface area (Å²) in [6.07, 6.45) is 0.839. The first-order valence-electron chi connectivity index (χ1n) is 5.68. The zero-order chi connectivity index (χ0) is 13.5. The highest BCUT2D eigenvalue weighted by Crippen LogP contribution is 2.47. The van der Waals surface area contributed by atoms with E-state index in [9.17, 15) is 9.59 Å². The van der Waals surface area contributed by atoms with Gasteiger partial charge in [0.05, 0.1) is 0 Å². The Morgan fingerprint density at radius 1 is 1.28 bits per heavy atom. The van der Waals surface area contributed by atoms with Crippen molar-refractivity contribution in [3.05, 3.63) is 27.7 Å². The fourth-order valence-electron chi connectivity index (χ4n) is 2.00. The van der Waals surface area contributed by atoms with Crippen molar-refractivity contribution in [2.24, 2.45) is 5.41 Å². The van der Waals surface area contributed by atoms with Crippen LogP contribution in [-0.4, -0.2) is 17.0 Å². The summed E-state index contributed by atoms with van der Waals surface area (Å²) < 4.78 is 0.940. The van der Waals surface area contributed by atoms with Crippen molar-refractivity contribution < 1.29 is 14.7 Å². The summed E-state index contributed by atoms with van der Waals surface area (Å²) in [4.78, 5) is 23.1. The molecule has 0 saturated heterocycles. The van der Waals surface area contributed by atoms with E-state index in [2.05, 4.69) is 21.2 Å². The third kappa shape index (κ3) is 2.14. The van der Waals surface area contributed by atoms with Gasteiger partial charge in [-0.3, -0.25) is 9.59 Å². The normalized spacial score (nSPS) is 16.2. The Kier molecular flexibility index (Phi) is 3.19. The van der Waals surface area contributed by atoms with Crippen LogP contribution in [0.5, 0.6) is 0 Å². The van der Waals surface area contributed by atoms with Gasteiger partial charge in [0.1, 0.15) is 5.41 Å². The van der Waals surface area contributed by atoms with Gasteiger partial charge < -0.3 is 10.4 Å². The Labute approximate surface area is 114 Å². The fraction of sp³-hybridized carbons (Fsp3) is 0.385. The van der Waals surface area contributed by atoms with Crippen LogP contribution >= 0.6 is 15.9 Å². The Balaban J connectivity index is 2.26. The number of aliphatic carboxylic acids is 1. The third-order valence-corrected chi connectivity index (χ3v) is 3.79. The maximum Gasteiger partial charge on any atom is 0.319 e. The zero-order valence-corrected chi connectivity index (χ0v) is 11.8. The van der Waals surface area contributed by atoms with Gasteiger partial charge in [-0.2, -0.15) is 0 Å². The fourth-order valence-corrected chi connectivity index (χ4v) is 2.69. The summed E-state index contributed by atoms with van der Waals surface area (Å²) in [6, 6.07) is 3.78. The molecule has 18 heavy (non-hydrogen) atoms. The van der Waals surface area contributed by atoms with Crippen molar-refractivity contribution in [1.82, 2.24) is 0 Å². The second-order valence-electron chi connectivity index (χ2n) is 4.76. The number of carbonyl (C=O) groups excluding carboxylic acids is 1. The van der Waals surface area contributed by atoms with Gasteiger partial charge in [-0.1, -0.05) is 15.9 Å². The lowest BCUT2D eigenvalue weighted by atomic mass is 10.0. The molecule has 0 spiro atoms. The molecule has 2 rings (SSSR count). The molecule has 1 aromatic rings. The highest BCUT2D eigenvalue weighted by molar-refractivity contribution is 9.10. The van der Waals surface area contributed by atoms with Gasteiger partial charge in [-0.25, -0.2) is 0 Å². The molecule has 1 fully saturated rings. The number of carboxylic acid groups (broad SMARTS) is 1. The summed E-state index contributed by atoms with van der Waals surface area (Å²) >= 11 is 3.38. The van der Waals surface area contributed by atoms with Crippen molar-refractivity contribution in [3.8, 4) is 0 Å². The molecule has 0 atom stereocenters. The summed E-state index contributed by atoms with van der Waals surface area (Å²) in [5.41, 5.74) is 1.33. The molecule has 1 aromatic carbocycles. The minimum absolute atomic E-state index is 0.413. The highest BCUT2D eigenvalue weighted by Gasteiger charge is 2.57. The molecule has 0 radical (unpaired) electrons.